The van der Waals surface area contributed by atoms with Crippen molar-refractivity contribution in [2.75, 3.05) is 19.6 Å². The normalized spacial score (nSPS) is 32.1. The van der Waals surface area contributed by atoms with E-state index in [0.29, 0.717) is 6.04 Å². The fraction of sp³-hybridized carbons (Fsp3) is 0.667. The second-order valence-electron chi connectivity index (χ2n) is 6.72. The monoisotopic (exact) mass is 272 g/mol. The van der Waals surface area contributed by atoms with Gasteiger partial charge in [0.25, 0.3) is 0 Å². The van der Waals surface area contributed by atoms with Crippen molar-refractivity contribution in [2.45, 2.75) is 50.5 Å². The fourth-order valence-electron chi connectivity index (χ4n) is 3.97. The molecule has 110 valence electrons. The van der Waals surface area contributed by atoms with E-state index in [0.717, 1.165) is 11.8 Å². The van der Waals surface area contributed by atoms with Crippen molar-refractivity contribution >= 4 is 0 Å². The molecule has 0 spiro atoms. The van der Waals surface area contributed by atoms with Gasteiger partial charge in [0.1, 0.15) is 0 Å². The Morgan fingerprint density at radius 2 is 1.80 bits per heavy atom. The molecule has 2 heteroatoms. The highest BCUT2D eigenvalue weighted by Gasteiger charge is 2.28. The first-order valence-corrected chi connectivity index (χ1v) is 8.36. The Kier molecular flexibility index (Phi) is 4.74. The molecule has 2 nitrogen and oxygen atoms in total. The summed E-state index contributed by atoms with van der Waals surface area (Å²) in [6.45, 7) is 3.71. The molecule has 0 amide bonds. The van der Waals surface area contributed by atoms with Crippen LogP contribution in [0.1, 0.15) is 50.0 Å². The van der Waals surface area contributed by atoms with Crippen LogP contribution in [-0.2, 0) is 0 Å². The van der Waals surface area contributed by atoms with Crippen molar-refractivity contribution in [3.8, 4) is 0 Å². The number of rotatable bonds is 3. The lowest BCUT2D eigenvalue weighted by molar-refractivity contribution is 0.241. The van der Waals surface area contributed by atoms with Crippen molar-refractivity contribution < 1.29 is 0 Å². The summed E-state index contributed by atoms with van der Waals surface area (Å²) in [5, 5.41) is 0. The van der Waals surface area contributed by atoms with E-state index in [1.54, 1.807) is 0 Å². The summed E-state index contributed by atoms with van der Waals surface area (Å²) in [5.41, 5.74) is 7.89. The quantitative estimate of drug-likeness (QED) is 0.855. The lowest BCUT2D eigenvalue weighted by Crippen LogP contribution is -2.38. The molecule has 2 fully saturated rings. The largest absolute Gasteiger partial charge is 0.327 e. The smallest absolute Gasteiger partial charge is 0.00793 e. The molecule has 1 aliphatic carbocycles. The van der Waals surface area contributed by atoms with Gasteiger partial charge in [0.2, 0.25) is 0 Å². The van der Waals surface area contributed by atoms with Crippen LogP contribution in [0.3, 0.4) is 0 Å². The summed E-state index contributed by atoms with van der Waals surface area (Å²) >= 11 is 0. The maximum atomic E-state index is 6.38. The number of hydrogen-bond acceptors (Lipinski definition) is 2. The van der Waals surface area contributed by atoms with Gasteiger partial charge in [-0.15, -0.1) is 0 Å². The van der Waals surface area contributed by atoms with Gasteiger partial charge >= 0.3 is 0 Å². The predicted molar refractivity (Wildman–Crippen MR) is 84.8 cm³/mol. The highest BCUT2D eigenvalue weighted by molar-refractivity contribution is 5.21. The molecule has 1 saturated heterocycles. The number of nitrogens with two attached hydrogens (primary N) is 1. The second kappa shape index (κ2) is 6.73. The molecule has 1 aromatic rings. The first-order valence-electron chi connectivity index (χ1n) is 8.36. The molecule has 1 heterocycles. The van der Waals surface area contributed by atoms with Gasteiger partial charge in [0.05, 0.1) is 0 Å². The molecule has 2 aliphatic rings. The number of likely N-dealkylation sites (tertiary alicyclic amines) is 1. The molecule has 0 bridgehead atoms. The first kappa shape index (κ1) is 14.1. The average molecular weight is 272 g/mol. The van der Waals surface area contributed by atoms with Crippen molar-refractivity contribution in [3.63, 3.8) is 0 Å². The Labute approximate surface area is 123 Å². The number of nitrogens with zero attached hydrogens (tertiary/aromatic N) is 1. The van der Waals surface area contributed by atoms with Crippen LogP contribution in [0.5, 0.6) is 0 Å². The zero-order valence-corrected chi connectivity index (χ0v) is 12.5. The van der Waals surface area contributed by atoms with Gasteiger partial charge in [-0.25, -0.2) is 0 Å². The summed E-state index contributed by atoms with van der Waals surface area (Å²) in [6.07, 6.45) is 8.00. The predicted octanol–water partition coefficient (Wildman–Crippen LogP) is 3.38. The van der Waals surface area contributed by atoms with Crippen LogP contribution in [0.15, 0.2) is 30.3 Å². The van der Waals surface area contributed by atoms with Crippen LogP contribution in [0.2, 0.25) is 0 Å². The zero-order chi connectivity index (χ0) is 13.8. The van der Waals surface area contributed by atoms with Crippen LogP contribution in [0.25, 0.3) is 0 Å². The highest BCUT2D eigenvalue weighted by atomic mass is 15.1. The molecule has 20 heavy (non-hydrogen) atoms. The Morgan fingerprint density at radius 1 is 1.00 bits per heavy atom. The van der Waals surface area contributed by atoms with E-state index in [1.807, 2.05) is 0 Å². The molecule has 0 aromatic heterocycles. The van der Waals surface area contributed by atoms with Crippen molar-refractivity contribution in [1.82, 2.24) is 4.90 Å². The molecule has 3 unspecified atom stereocenters. The van der Waals surface area contributed by atoms with Crippen molar-refractivity contribution in [2.24, 2.45) is 11.7 Å². The summed E-state index contributed by atoms with van der Waals surface area (Å²) in [6, 6.07) is 11.4. The number of benzene rings is 1. The SMILES string of the molecule is NC1CCCCCC1CN1CCC(c2ccccc2)C1. The minimum Gasteiger partial charge on any atom is -0.327 e. The highest BCUT2D eigenvalue weighted by Crippen LogP contribution is 2.29. The third kappa shape index (κ3) is 3.42. The van der Waals surface area contributed by atoms with Crippen LogP contribution in [0, 0.1) is 5.92 Å². The van der Waals surface area contributed by atoms with E-state index in [1.165, 1.54) is 63.7 Å². The van der Waals surface area contributed by atoms with E-state index in [9.17, 15) is 0 Å². The third-order valence-electron chi connectivity index (χ3n) is 5.25. The van der Waals surface area contributed by atoms with E-state index in [-0.39, 0.29) is 0 Å². The molecule has 1 aromatic carbocycles. The summed E-state index contributed by atoms with van der Waals surface area (Å²) < 4.78 is 0. The Balaban J connectivity index is 1.55. The summed E-state index contributed by atoms with van der Waals surface area (Å²) in [5.74, 6) is 1.46. The number of hydrogen-bond donors (Lipinski definition) is 1. The fourth-order valence-corrected chi connectivity index (χ4v) is 3.97. The third-order valence-corrected chi connectivity index (χ3v) is 5.25. The maximum Gasteiger partial charge on any atom is 0.00793 e. The van der Waals surface area contributed by atoms with Gasteiger partial charge in [0, 0.05) is 19.1 Å². The van der Waals surface area contributed by atoms with Crippen LogP contribution >= 0.6 is 0 Å². The Bertz CT molecular complexity index is 403. The first-order chi connectivity index (χ1) is 9.83. The lowest BCUT2D eigenvalue weighted by Gasteiger charge is -2.27. The average Bonchev–Trinajstić information content (AvgIpc) is 2.86. The van der Waals surface area contributed by atoms with E-state index >= 15 is 0 Å². The summed E-state index contributed by atoms with van der Waals surface area (Å²) in [4.78, 5) is 2.66. The van der Waals surface area contributed by atoms with Gasteiger partial charge in [-0.3, -0.25) is 0 Å². The Morgan fingerprint density at radius 3 is 2.65 bits per heavy atom. The van der Waals surface area contributed by atoms with Crippen LogP contribution < -0.4 is 5.73 Å². The molecule has 1 saturated carbocycles. The van der Waals surface area contributed by atoms with E-state index in [4.69, 9.17) is 5.73 Å². The second-order valence-corrected chi connectivity index (χ2v) is 6.72. The lowest BCUT2D eigenvalue weighted by atomic mass is 9.95. The molecular formula is C18H28N2. The van der Waals surface area contributed by atoms with Gasteiger partial charge in [-0.1, -0.05) is 49.6 Å². The molecule has 1 aliphatic heterocycles. The standard InChI is InChI=1S/C18H28N2/c19-18-10-6-2-5-9-17(18)14-20-12-11-16(13-20)15-7-3-1-4-8-15/h1,3-4,7-8,16-18H,2,5-6,9-14,19H2. The minimum atomic E-state index is 0.438. The van der Waals surface area contributed by atoms with Crippen molar-refractivity contribution in [1.29, 1.82) is 0 Å². The minimum absolute atomic E-state index is 0.438. The Hall–Kier alpha value is -0.860. The molecule has 2 N–H and O–H groups in total. The van der Waals surface area contributed by atoms with Gasteiger partial charge in [-0.05, 0) is 43.2 Å². The maximum absolute atomic E-state index is 6.38. The van der Waals surface area contributed by atoms with Gasteiger partial charge < -0.3 is 10.6 Å². The molecule has 3 atom stereocenters. The van der Waals surface area contributed by atoms with Gasteiger partial charge in [0.15, 0.2) is 0 Å². The topological polar surface area (TPSA) is 29.3 Å². The van der Waals surface area contributed by atoms with Crippen LogP contribution in [0.4, 0.5) is 0 Å². The van der Waals surface area contributed by atoms with E-state index in [2.05, 4.69) is 35.2 Å². The molecule has 0 radical (unpaired) electrons. The summed E-state index contributed by atoms with van der Waals surface area (Å²) in [7, 11) is 0. The molecular weight excluding hydrogens is 244 g/mol. The molecule has 3 rings (SSSR count). The van der Waals surface area contributed by atoms with Crippen molar-refractivity contribution in [3.05, 3.63) is 35.9 Å². The van der Waals surface area contributed by atoms with Crippen LogP contribution in [-0.4, -0.2) is 30.6 Å². The zero-order valence-electron chi connectivity index (χ0n) is 12.5. The van der Waals surface area contributed by atoms with Gasteiger partial charge in [-0.2, -0.15) is 0 Å². The van der Waals surface area contributed by atoms with E-state index < -0.39 is 0 Å².